The Hall–Kier alpha value is -2.30. The number of hydrogen-bond acceptors (Lipinski definition) is 4. The molecule has 1 aliphatic rings. The summed E-state index contributed by atoms with van der Waals surface area (Å²) in [5.41, 5.74) is 7.35. The summed E-state index contributed by atoms with van der Waals surface area (Å²) in [4.78, 5) is 15.9. The van der Waals surface area contributed by atoms with E-state index >= 15 is 0 Å². The number of esters is 1. The number of imidazole rings is 1. The maximum atomic E-state index is 11.6. The van der Waals surface area contributed by atoms with Gasteiger partial charge in [-0.1, -0.05) is 12.1 Å². The number of nitrogens with zero attached hydrogens (tertiary/aromatic N) is 2. The molecule has 2 heterocycles. The molecular weight excluding hydrogens is 230 g/mol. The van der Waals surface area contributed by atoms with Crippen LogP contribution in [0.25, 0.3) is 11.4 Å². The van der Waals surface area contributed by atoms with Crippen molar-refractivity contribution in [1.29, 1.82) is 0 Å². The molecule has 1 unspecified atom stereocenters. The summed E-state index contributed by atoms with van der Waals surface area (Å²) in [7, 11) is 0. The number of cyclic esters (lactones) is 1. The van der Waals surface area contributed by atoms with E-state index in [0.29, 0.717) is 18.7 Å². The molecule has 5 heteroatoms. The number of nitrogen functional groups attached to an aromatic ring is 1. The molecule has 1 aromatic carbocycles. The number of hydrogen-bond donors (Lipinski definition) is 1. The minimum absolute atomic E-state index is 0.196. The van der Waals surface area contributed by atoms with E-state index in [-0.39, 0.29) is 12.0 Å². The summed E-state index contributed by atoms with van der Waals surface area (Å²) in [6.07, 6.45) is 4.17. The fourth-order valence-corrected chi connectivity index (χ4v) is 2.20. The quantitative estimate of drug-likeness (QED) is 0.642. The zero-order valence-electron chi connectivity index (χ0n) is 9.74. The maximum Gasteiger partial charge on any atom is 0.329 e. The third-order valence-electron chi connectivity index (χ3n) is 3.06. The molecular formula is C13H13N3O2. The van der Waals surface area contributed by atoms with Crippen molar-refractivity contribution in [3.05, 3.63) is 36.7 Å². The minimum atomic E-state index is -0.274. The van der Waals surface area contributed by atoms with Crippen LogP contribution in [0.5, 0.6) is 0 Å². The molecule has 92 valence electrons. The van der Waals surface area contributed by atoms with Crippen molar-refractivity contribution < 1.29 is 9.53 Å². The van der Waals surface area contributed by atoms with E-state index in [0.717, 1.165) is 11.4 Å². The lowest BCUT2D eigenvalue weighted by Gasteiger charge is -2.12. The first-order valence-electron chi connectivity index (χ1n) is 5.81. The molecule has 0 amide bonds. The Morgan fingerprint density at radius 3 is 3.06 bits per heavy atom. The van der Waals surface area contributed by atoms with E-state index in [1.807, 2.05) is 28.8 Å². The topological polar surface area (TPSA) is 70.1 Å². The van der Waals surface area contributed by atoms with Gasteiger partial charge in [0.25, 0.3) is 0 Å². The van der Waals surface area contributed by atoms with Crippen LogP contribution in [-0.2, 0) is 9.53 Å². The van der Waals surface area contributed by atoms with Crippen LogP contribution < -0.4 is 5.73 Å². The smallest absolute Gasteiger partial charge is 0.329 e. The number of carbonyl (C=O) groups excluding carboxylic acids is 1. The van der Waals surface area contributed by atoms with Crippen molar-refractivity contribution in [2.45, 2.75) is 12.5 Å². The van der Waals surface area contributed by atoms with Crippen LogP contribution >= 0.6 is 0 Å². The van der Waals surface area contributed by atoms with Crippen molar-refractivity contribution in [3.63, 3.8) is 0 Å². The highest BCUT2D eigenvalue weighted by atomic mass is 16.5. The van der Waals surface area contributed by atoms with Crippen LogP contribution in [0.1, 0.15) is 12.5 Å². The zero-order chi connectivity index (χ0) is 12.5. The van der Waals surface area contributed by atoms with Gasteiger partial charge in [-0.15, -0.1) is 0 Å². The Labute approximate surface area is 104 Å². The Kier molecular flexibility index (Phi) is 2.51. The van der Waals surface area contributed by atoms with Crippen LogP contribution in [0, 0.1) is 0 Å². The van der Waals surface area contributed by atoms with Crippen LogP contribution in [0.4, 0.5) is 5.69 Å². The van der Waals surface area contributed by atoms with E-state index in [1.54, 1.807) is 12.4 Å². The molecule has 0 spiro atoms. The van der Waals surface area contributed by atoms with Crippen molar-refractivity contribution in [2.24, 2.45) is 0 Å². The van der Waals surface area contributed by atoms with Crippen LogP contribution in [0.3, 0.4) is 0 Å². The van der Waals surface area contributed by atoms with E-state index in [1.165, 1.54) is 0 Å². The van der Waals surface area contributed by atoms with Crippen molar-refractivity contribution in [2.75, 3.05) is 12.3 Å². The van der Waals surface area contributed by atoms with Gasteiger partial charge in [-0.25, -0.2) is 9.78 Å². The first-order chi connectivity index (χ1) is 8.75. The molecule has 0 saturated carbocycles. The summed E-state index contributed by atoms with van der Waals surface area (Å²) >= 11 is 0. The van der Waals surface area contributed by atoms with Gasteiger partial charge < -0.3 is 15.0 Å². The first-order valence-corrected chi connectivity index (χ1v) is 5.81. The number of ether oxygens (including phenoxy) is 1. The highest BCUT2D eigenvalue weighted by molar-refractivity contribution is 5.77. The predicted octanol–water partition coefficient (Wildman–Crippen LogP) is 1.62. The lowest BCUT2D eigenvalue weighted by Crippen LogP contribution is -2.14. The SMILES string of the molecule is Nc1cccc(-c2nccn2C2CCOC2=O)c1. The van der Waals surface area contributed by atoms with Gasteiger partial charge in [0.15, 0.2) is 0 Å². The van der Waals surface area contributed by atoms with E-state index in [4.69, 9.17) is 10.5 Å². The number of rotatable bonds is 2. The van der Waals surface area contributed by atoms with Gasteiger partial charge in [0.1, 0.15) is 11.9 Å². The minimum Gasteiger partial charge on any atom is -0.464 e. The van der Waals surface area contributed by atoms with Crippen LogP contribution in [0.2, 0.25) is 0 Å². The van der Waals surface area contributed by atoms with Crippen molar-refractivity contribution >= 4 is 11.7 Å². The van der Waals surface area contributed by atoms with Gasteiger partial charge in [0, 0.05) is 30.1 Å². The van der Waals surface area contributed by atoms with Crippen molar-refractivity contribution in [1.82, 2.24) is 9.55 Å². The Morgan fingerprint density at radius 1 is 1.44 bits per heavy atom. The molecule has 0 bridgehead atoms. The summed E-state index contributed by atoms with van der Waals surface area (Å²) < 4.78 is 6.84. The fraction of sp³-hybridized carbons (Fsp3) is 0.231. The van der Waals surface area contributed by atoms with Crippen LogP contribution in [0.15, 0.2) is 36.7 Å². The summed E-state index contributed by atoms with van der Waals surface area (Å²) in [6.45, 7) is 0.470. The Morgan fingerprint density at radius 2 is 2.33 bits per heavy atom. The third-order valence-corrected chi connectivity index (χ3v) is 3.06. The average Bonchev–Trinajstić information content (AvgIpc) is 2.96. The monoisotopic (exact) mass is 243 g/mol. The second-order valence-electron chi connectivity index (χ2n) is 4.26. The highest BCUT2D eigenvalue weighted by Gasteiger charge is 2.29. The molecule has 1 fully saturated rings. The predicted molar refractivity (Wildman–Crippen MR) is 66.7 cm³/mol. The Balaban J connectivity index is 2.04. The molecule has 2 N–H and O–H groups in total. The lowest BCUT2D eigenvalue weighted by molar-refractivity contribution is -0.140. The van der Waals surface area contributed by atoms with Gasteiger partial charge in [0.2, 0.25) is 0 Å². The highest BCUT2D eigenvalue weighted by Crippen LogP contribution is 2.27. The number of aromatic nitrogens is 2. The largest absolute Gasteiger partial charge is 0.464 e. The fourth-order valence-electron chi connectivity index (χ4n) is 2.20. The molecule has 1 aliphatic heterocycles. The molecule has 18 heavy (non-hydrogen) atoms. The Bertz CT molecular complexity index is 591. The molecule has 0 radical (unpaired) electrons. The van der Waals surface area contributed by atoms with Gasteiger partial charge >= 0.3 is 5.97 Å². The second kappa shape index (κ2) is 4.18. The number of anilines is 1. The van der Waals surface area contributed by atoms with Crippen LogP contribution in [-0.4, -0.2) is 22.1 Å². The molecule has 5 nitrogen and oxygen atoms in total. The molecule has 0 aliphatic carbocycles. The molecule has 1 saturated heterocycles. The molecule has 1 atom stereocenters. The molecule has 1 aromatic heterocycles. The van der Waals surface area contributed by atoms with E-state index in [9.17, 15) is 4.79 Å². The summed E-state index contributed by atoms with van der Waals surface area (Å²) in [5, 5.41) is 0. The van der Waals surface area contributed by atoms with Gasteiger partial charge in [0.05, 0.1) is 6.61 Å². The molecule has 3 rings (SSSR count). The number of carbonyl (C=O) groups is 1. The van der Waals surface area contributed by atoms with Gasteiger partial charge in [-0.05, 0) is 12.1 Å². The summed E-state index contributed by atoms with van der Waals surface area (Å²) in [6, 6.07) is 7.19. The first kappa shape index (κ1) is 10.8. The van der Waals surface area contributed by atoms with E-state index < -0.39 is 0 Å². The molecule has 2 aromatic rings. The summed E-state index contributed by atoms with van der Waals surface area (Å²) in [5.74, 6) is 0.546. The van der Waals surface area contributed by atoms with Crippen molar-refractivity contribution in [3.8, 4) is 11.4 Å². The number of nitrogens with two attached hydrogens (primary N) is 1. The second-order valence-corrected chi connectivity index (χ2v) is 4.26. The zero-order valence-corrected chi connectivity index (χ0v) is 9.74. The van der Waals surface area contributed by atoms with Gasteiger partial charge in [-0.2, -0.15) is 0 Å². The van der Waals surface area contributed by atoms with E-state index in [2.05, 4.69) is 4.98 Å². The number of benzene rings is 1. The third kappa shape index (κ3) is 1.73. The van der Waals surface area contributed by atoms with Gasteiger partial charge in [-0.3, -0.25) is 0 Å². The average molecular weight is 243 g/mol. The lowest BCUT2D eigenvalue weighted by atomic mass is 10.1. The maximum absolute atomic E-state index is 11.6. The normalized spacial score (nSPS) is 18.9. The standard InChI is InChI=1S/C13H13N3O2/c14-10-3-1-2-9(8-10)12-15-5-6-16(12)11-4-7-18-13(11)17/h1-3,5-6,8,11H,4,7,14H2.